The van der Waals surface area contributed by atoms with Crippen molar-refractivity contribution in [3.63, 3.8) is 0 Å². The summed E-state index contributed by atoms with van der Waals surface area (Å²) >= 11 is 1.32. The first-order valence-corrected chi connectivity index (χ1v) is 17.9. The van der Waals surface area contributed by atoms with Crippen molar-refractivity contribution in [1.29, 1.82) is 0 Å². The number of ether oxygens (including phenoxy) is 1. The van der Waals surface area contributed by atoms with E-state index in [0.717, 1.165) is 5.69 Å². The van der Waals surface area contributed by atoms with Crippen LogP contribution in [0.2, 0.25) is 0 Å². The Kier molecular flexibility index (Phi) is 11.6. The first-order valence-electron chi connectivity index (χ1n) is 15.7. The molecule has 17 heteroatoms. The molecule has 0 aliphatic carbocycles. The Labute approximate surface area is 288 Å². The summed E-state index contributed by atoms with van der Waals surface area (Å²) in [6.07, 6.45) is 4.80. The Hall–Kier alpha value is -4.19. The molecule has 0 aromatic carbocycles. The van der Waals surface area contributed by atoms with E-state index >= 15 is 0 Å². The molecule has 3 aromatic heterocycles. The van der Waals surface area contributed by atoms with Gasteiger partial charge in [-0.1, -0.05) is 20.8 Å². The van der Waals surface area contributed by atoms with E-state index in [1.807, 2.05) is 31.1 Å². The number of nitrogens with one attached hydrogen (secondary N) is 1. The van der Waals surface area contributed by atoms with Gasteiger partial charge in [0, 0.05) is 61.2 Å². The molecule has 0 radical (unpaired) electrons. The van der Waals surface area contributed by atoms with Crippen molar-refractivity contribution in [3.8, 4) is 0 Å². The zero-order valence-corrected chi connectivity index (χ0v) is 30.0. The highest BCUT2D eigenvalue weighted by Crippen LogP contribution is 2.27. The average molecular weight is 719 g/mol. The van der Waals surface area contributed by atoms with Crippen molar-refractivity contribution in [2.75, 3.05) is 43.0 Å². The molecule has 4 rings (SSSR count). The van der Waals surface area contributed by atoms with Gasteiger partial charge in [0.05, 0.1) is 17.9 Å². The molecule has 1 aliphatic heterocycles. The molecule has 15 nitrogen and oxygen atoms in total. The van der Waals surface area contributed by atoms with E-state index in [-0.39, 0.29) is 53.4 Å². The maximum absolute atomic E-state index is 13.8. The van der Waals surface area contributed by atoms with Crippen molar-refractivity contribution in [2.45, 2.75) is 71.8 Å². The summed E-state index contributed by atoms with van der Waals surface area (Å²) < 4.78 is 41.0. The minimum Gasteiger partial charge on any atom is -0.457 e. The summed E-state index contributed by atoms with van der Waals surface area (Å²) in [4.78, 5) is 65.1. The van der Waals surface area contributed by atoms with Gasteiger partial charge in [-0.25, -0.2) is 18.9 Å². The number of unbranched alkanes of at least 4 members (excludes halogenated alkanes) is 1. The van der Waals surface area contributed by atoms with E-state index in [9.17, 15) is 27.6 Å². The van der Waals surface area contributed by atoms with Gasteiger partial charge in [-0.15, -0.1) is 11.3 Å². The van der Waals surface area contributed by atoms with Gasteiger partial charge in [0.1, 0.15) is 17.1 Å². The standard InChI is InChI=1S/C32H42N6O9S2/c1-31(2,3)23-20-48-30(33-23)35-28(41)21-12-13-38-24(19-21)34-27(22(29(38)42)10-11-26(40)47-32(4,5)6)37-16-14-36(15-17-37)25(39)9-7-8-18-46-49(43,44)45/h10-13,19-20H,7-9,14-18H2,1-6H3,(H,33,35,41)(H,43,44,45). The van der Waals surface area contributed by atoms with Crippen LogP contribution in [0.3, 0.4) is 0 Å². The van der Waals surface area contributed by atoms with Crippen LogP contribution in [-0.2, 0) is 34.3 Å². The molecule has 1 saturated heterocycles. The van der Waals surface area contributed by atoms with Gasteiger partial charge in [0.2, 0.25) is 5.91 Å². The molecule has 0 spiro atoms. The SMILES string of the molecule is CC(C)(C)OC(=O)C=Cc1c(N2CCN(C(=O)CCCCOS(=O)(=O)O)CC2)nc2cc(C(=O)Nc3nc(C(C)(C)C)cs3)ccn2c1=O. The number of piperazine rings is 1. The Balaban J connectivity index is 1.57. The smallest absolute Gasteiger partial charge is 0.397 e. The molecule has 1 fully saturated rings. The predicted octanol–water partition coefficient (Wildman–Crippen LogP) is 3.69. The van der Waals surface area contributed by atoms with E-state index in [1.54, 1.807) is 25.7 Å². The Morgan fingerprint density at radius 2 is 1.76 bits per heavy atom. The number of amides is 2. The van der Waals surface area contributed by atoms with E-state index in [0.29, 0.717) is 37.7 Å². The van der Waals surface area contributed by atoms with Crippen molar-refractivity contribution in [1.82, 2.24) is 19.3 Å². The zero-order valence-electron chi connectivity index (χ0n) is 28.4. The van der Waals surface area contributed by atoms with E-state index < -0.39 is 33.4 Å². The second-order valence-electron chi connectivity index (χ2n) is 13.5. The van der Waals surface area contributed by atoms with Crippen molar-refractivity contribution >= 4 is 62.2 Å². The number of carbonyl (C=O) groups is 3. The highest BCUT2D eigenvalue weighted by atomic mass is 32.3. The monoisotopic (exact) mass is 718 g/mol. The second kappa shape index (κ2) is 15.1. The van der Waals surface area contributed by atoms with Crippen LogP contribution in [0.15, 0.2) is 34.6 Å². The number of fused-ring (bicyclic) bond motifs is 1. The fraction of sp³-hybridized carbons (Fsp3) is 0.500. The maximum Gasteiger partial charge on any atom is 0.397 e. The highest BCUT2D eigenvalue weighted by molar-refractivity contribution is 7.80. The van der Waals surface area contributed by atoms with E-state index in [1.165, 1.54) is 46.2 Å². The molecule has 49 heavy (non-hydrogen) atoms. The van der Waals surface area contributed by atoms with E-state index in [2.05, 4.69) is 14.5 Å². The summed E-state index contributed by atoms with van der Waals surface area (Å²) in [5.41, 5.74) is 0.0768. The van der Waals surface area contributed by atoms with Gasteiger partial charge in [0.25, 0.3) is 11.5 Å². The third-order valence-electron chi connectivity index (χ3n) is 7.34. The molecule has 0 saturated carbocycles. The minimum absolute atomic E-state index is 0.131. The second-order valence-corrected chi connectivity index (χ2v) is 15.4. The fourth-order valence-corrected chi connectivity index (χ4v) is 6.13. The number of hydrogen-bond donors (Lipinski definition) is 2. The topological polar surface area (TPSA) is 190 Å². The van der Waals surface area contributed by atoms with Crippen LogP contribution in [0, 0.1) is 0 Å². The molecular weight excluding hydrogens is 677 g/mol. The summed E-state index contributed by atoms with van der Waals surface area (Å²) in [5, 5.41) is 5.15. The third-order valence-corrected chi connectivity index (χ3v) is 8.56. The number of aromatic nitrogens is 3. The van der Waals surface area contributed by atoms with Gasteiger partial charge in [0.15, 0.2) is 5.13 Å². The van der Waals surface area contributed by atoms with Gasteiger partial charge < -0.3 is 14.5 Å². The summed E-state index contributed by atoms with van der Waals surface area (Å²) in [5.74, 6) is -0.900. The van der Waals surface area contributed by atoms with Crippen LogP contribution in [0.1, 0.15) is 82.4 Å². The molecule has 0 unspecified atom stereocenters. The Bertz CT molecular complexity index is 1900. The predicted molar refractivity (Wildman–Crippen MR) is 185 cm³/mol. The number of thiazole rings is 1. The summed E-state index contributed by atoms with van der Waals surface area (Å²) in [6, 6.07) is 3.01. The van der Waals surface area contributed by atoms with Crippen LogP contribution >= 0.6 is 11.3 Å². The van der Waals surface area contributed by atoms with Gasteiger partial charge in [-0.05, 0) is 51.8 Å². The van der Waals surface area contributed by atoms with Crippen LogP contribution < -0.4 is 15.8 Å². The van der Waals surface area contributed by atoms with Crippen molar-refractivity contribution in [2.24, 2.45) is 0 Å². The van der Waals surface area contributed by atoms with Gasteiger partial charge >= 0.3 is 16.4 Å². The molecule has 3 aromatic rings. The molecule has 266 valence electrons. The van der Waals surface area contributed by atoms with Crippen LogP contribution in [0.25, 0.3) is 11.7 Å². The molecular formula is C32H42N6O9S2. The fourth-order valence-electron chi connectivity index (χ4n) is 4.87. The number of nitrogens with zero attached hydrogens (tertiary/aromatic N) is 5. The molecule has 2 N–H and O–H groups in total. The van der Waals surface area contributed by atoms with Crippen molar-refractivity contribution < 1.29 is 36.3 Å². The lowest BCUT2D eigenvalue weighted by Gasteiger charge is -2.36. The lowest BCUT2D eigenvalue weighted by atomic mass is 9.93. The first kappa shape index (κ1) is 37.6. The number of pyridine rings is 1. The number of carbonyl (C=O) groups excluding carboxylic acids is 3. The van der Waals surface area contributed by atoms with Crippen LogP contribution in [0.4, 0.5) is 10.9 Å². The zero-order chi connectivity index (χ0) is 36.1. The normalized spacial score (nSPS) is 14.4. The molecule has 0 atom stereocenters. The number of hydrogen-bond acceptors (Lipinski definition) is 12. The van der Waals surface area contributed by atoms with E-state index in [4.69, 9.17) is 14.3 Å². The van der Waals surface area contributed by atoms with Crippen LogP contribution in [-0.4, -0.2) is 88.4 Å². The minimum atomic E-state index is -4.52. The Morgan fingerprint density at radius 1 is 1.06 bits per heavy atom. The summed E-state index contributed by atoms with van der Waals surface area (Å²) in [7, 11) is -4.52. The quantitative estimate of drug-likeness (QED) is 0.127. The highest BCUT2D eigenvalue weighted by Gasteiger charge is 2.26. The maximum atomic E-state index is 13.8. The third kappa shape index (κ3) is 10.6. The van der Waals surface area contributed by atoms with Gasteiger partial charge in [-0.3, -0.25) is 28.7 Å². The Morgan fingerprint density at radius 3 is 2.37 bits per heavy atom. The molecule has 0 bridgehead atoms. The molecule has 2 amide bonds. The van der Waals surface area contributed by atoms with Crippen molar-refractivity contribution in [3.05, 3.63) is 57.0 Å². The number of anilines is 2. The number of rotatable bonds is 11. The molecule has 4 heterocycles. The lowest BCUT2D eigenvalue weighted by molar-refractivity contribution is -0.148. The van der Waals surface area contributed by atoms with Gasteiger partial charge in [-0.2, -0.15) is 8.42 Å². The van der Waals surface area contributed by atoms with Crippen LogP contribution in [0.5, 0.6) is 0 Å². The average Bonchev–Trinajstić information content (AvgIpc) is 3.48. The lowest BCUT2D eigenvalue weighted by Crippen LogP contribution is -2.49. The molecule has 1 aliphatic rings. The largest absolute Gasteiger partial charge is 0.457 e. The number of esters is 1. The first-order chi connectivity index (χ1) is 22.8. The summed E-state index contributed by atoms with van der Waals surface area (Å²) in [6.45, 7) is 12.4.